The molecule has 0 atom stereocenters. The van der Waals surface area contributed by atoms with Crippen LogP contribution in [0, 0.1) is 5.92 Å². The predicted molar refractivity (Wildman–Crippen MR) is 130 cm³/mol. The van der Waals surface area contributed by atoms with Crippen LogP contribution in [0.15, 0.2) is 54.6 Å². The van der Waals surface area contributed by atoms with Crippen LogP contribution in [0.3, 0.4) is 0 Å². The number of nitrogens with zero attached hydrogens (tertiary/aromatic N) is 2. The summed E-state index contributed by atoms with van der Waals surface area (Å²) in [6.45, 7) is 7.44. The summed E-state index contributed by atoms with van der Waals surface area (Å²) < 4.78 is 0. The van der Waals surface area contributed by atoms with E-state index in [0.29, 0.717) is 12.3 Å². The lowest BCUT2D eigenvalue weighted by atomic mass is 9.90. The van der Waals surface area contributed by atoms with E-state index in [0.717, 1.165) is 25.6 Å². The molecule has 0 amide bonds. The lowest BCUT2D eigenvalue weighted by Gasteiger charge is -2.32. The highest BCUT2D eigenvalue weighted by atomic mass is 16.3. The van der Waals surface area contributed by atoms with Crippen LogP contribution in [0.25, 0.3) is 0 Å². The van der Waals surface area contributed by atoms with E-state index < -0.39 is 0 Å². The number of unbranched alkanes of at least 4 members (excludes halogenated alkanes) is 3. The Balaban J connectivity index is 1.24. The molecule has 1 aliphatic rings. The van der Waals surface area contributed by atoms with E-state index in [9.17, 15) is 5.11 Å². The van der Waals surface area contributed by atoms with Gasteiger partial charge in [0.25, 0.3) is 0 Å². The maximum atomic E-state index is 9.45. The summed E-state index contributed by atoms with van der Waals surface area (Å²) in [5.74, 6) is 1.19. The van der Waals surface area contributed by atoms with Crippen molar-refractivity contribution in [1.29, 1.82) is 0 Å². The Morgan fingerprint density at radius 2 is 1.55 bits per heavy atom. The third-order valence-electron chi connectivity index (χ3n) is 6.56. The Morgan fingerprint density at radius 1 is 0.839 bits per heavy atom. The first-order valence-corrected chi connectivity index (χ1v) is 12.2. The number of rotatable bonds is 13. The summed E-state index contributed by atoms with van der Waals surface area (Å²) in [6.07, 6.45) is 9.11. The molecule has 31 heavy (non-hydrogen) atoms. The summed E-state index contributed by atoms with van der Waals surface area (Å²) in [6, 6.07) is 18.5. The second-order valence-corrected chi connectivity index (χ2v) is 9.12. The Hall–Kier alpha value is -1.88. The van der Waals surface area contributed by atoms with E-state index in [1.165, 1.54) is 75.7 Å². The SMILES string of the molecule is NCCN(CCCCCCN1CCC(Cc2ccccc2)CC1)Cc1ccc(O)cc1. The maximum Gasteiger partial charge on any atom is 0.115 e. The van der Waals surface area contributed by atoms with Gasteiger partial charge in [-0.1, -0.05) is 55.3 Å². The van der Waals surface area contributed by atoms with Crippen molar-refractivity contribution in [1.82, 2.24) is 9.80 Å². The number of phenols is 1. The summed E-state index contributed by atoms with van der Waals surface area (Å²) in [5, 5.41) is 9.45. The molecule has 0 aromatic heterocycles. The molecule has 0 aliphatic carbocycles. The van der Waals surface area contributed by atoms with Crippen LogP contribution in [-0.2, 0) is 13.0 Å². The molecule has 1 fully saturated rings. The molecule has 2 aromatic carbocycles. The highest BCUT2D eigenvalue weighted by Crippen LogP contribution is 2.22. The Bertz CT molecular complexity index is 711. The van der Waals surface area contributed by atoms with E-state index in [4.69, 9.17) is 5.73 Å². The summed E-state index contributed by atoms with van der Waals surface area (Å²) in [7, 11) is 0. The molecule has 2 aromatic rings. The molecule has 0 saturated carbocycles. The van der Waals surface area contributed by atoms with Crippen molar-refractivity contribution in [2.75, 3.05) is 39.3 Å². The van der Waals surface area contributed by atoms with Crippen molar-refractivity contribution in [2.45, 2.75) is 51.5 Å². The zero-order chi connectivity index (χ0) is 21.7. The van der Waals surface area contributed by atoms with Gasteiger partial charge in [0.15, 0.2) is 0 Å². The minimum absolute atomic E-state index is 0.328. The molecule has 3 rings (SSSR count). The summed E-state index contributed by atoms with van der Waals surface area (Å²) in [4.78, 5) is 5.11. The molecule has 4 nitrogen and oxygen atoms in total. The van der Waals surface area contributed by atoms with Crippen LogP contribution >= 0.6 is 0 Å². The van der Waals surface area contributed by atoms with E-state index >= 15 is 0 Å². The van der Waals surface area contributed by atoms with Gasteiger partial charge in [0, 0.05) is 19.6 Å². The quantitative estimate of drug-likeness (QED) is 0.460. The van der Waals surface area contributed by atoms with E-state index in [2.05, 4.69) is 40.1 Å². The number of piperidine rings is 1. The predicted octanol–water partition coefficient (Wildman–Crippen LogP) is 4.67. The molecule has 0 spiro atoms. The Morgan fingerprint density at radius 3 is 2.26 bits per heavy atom. The van der Waals surface area contributed by atoms with E-state index in [1.54, 1.807) is 12.1 Å². The monoisotopic (exact) mass is 423 g/mol. The number of hydrogen-bond donors (Lipinski definition) is 2. The van der Waals surface area contributed by atoms with Crippen molar-refractivity contribution < 1.29 is 5.11 Å². The summed E-state index contributed by atoms with van der Waals surface area (Å²) >= 11 is 0. The fourth-order valence-electron chi connectivity index (χ4n) is 4.70. The first kappa shape index (κ1) is 23.8. The lowest BCUT2D eigenvalue weighted by molar-refractivity contribution is 0.180. The van der Waals surface area contributed by atoms with Gasteiger partial charge in [-0.3, -0.25) is 4.90 Å². The van der Waals surface area contributed by atoms with Crippen molar-refractivity contribution >= 4 is 0 Å². The van der Waals surface area contributed by atoms with Gasteiger partial charge in [0.1, 0.15) is 5.75 Å². The molecular weight excluding hydrogens is 382 g/mol. The van der Waals surface area contributed by atoms with Crippen LogP contribution < -0.4 is 5.73 Å². The molecule has 4 heteroatoms. The lowest BCUT2D eigenvalue weighted by Crippen LogP contribution is -2.35. The molecule has 1 aliphatic heterocycles. The van der Waals surface area contributed by atoms with Gasteiger partial charge < -0.3 is 15.7 Å². The number of hydrogen-bond acceptors (Lipinski definition) is 4. The smallest absolute Gasteiger partial charge is 0.115 e. The van der Waals surface area contributed by atoms with Crippen molar-refractivity contribution in [3.63, 3.8) is 0 Å². The van der Waals surface area contributed by atoms with Gasteiger partial charge in [-0.25, -0.2) is 0 Å². The van der Waals surface area contributed by atoms with Gasteiger partial charge in [0.05, 0.1) is 0 Å². The number of likely N-dealkylation sites (tertiary alicyclic amines) is 1. The van der Waals surface area contributed by atoms with E-state index in [1.807, 2.05) is 12.1 Å². The molecule has 170 valence electrons. The standard InChI is InChI=1S/C27H41N3O/c28-16-21-30(23-26-10-12-27(31)13-11-26)18-7-2-1-6-17-29-19-14-25(15-20-29)22-24-8-4-3-5-9-24/h3-5,8-13,25,31H,1-2,6-7,14-23,28H2. The van der Waals surface area contributed by atoms with Gasteiger partial charge in [-0.15, -0.1) is 0 Å². The number of aromatic hydroxyl groups is 1. The first-order valence-electron chi connectivity index (χ1n) is 12.2. The fraction of sp³-hybridized carbons (Fsp3) is 0.556. The first-order chi connectivity index (χ1) is 15.2. The van der Waals surface area contributed by atoms with Crippen LogP contribution in [0.5, 0.6) is 5.75 Å². The average molecular weight is 424 g/mol. The molecular formula is C27H41N3O. The summed E-state index contributed by atoms with van der Waals surface area (Å²) in [5.41, 5.74) is 8.54. The second kappa shape index (κ2) is 13.5. The normalized spacial score (nSPS) is 15.5. The Labute approximate surface area is 189 Å². The van der Waals surface area contributed by atoms with E-state index in [-0.39, 0.29) is 0 Å². The molecule has 1 heterocycles. The third-order valence-corrected chi connectivity index (χ3v) is 6.56. The topological polar surface area (TPSA) is 52.7 Å². The van der Waals surface area contributed by atoms with Gasteiger partial charge in [-0.05, 0) is 87.5 Å². The number of nitrogens with two attached hydrogens (primary N) is 1. The van der Waals surface area contributed by atoms with Gasteiger partial charge in [-0.2, -0.15) is 0 Å². The van der Waals surface area contributed by atoms with Crippen LogP contribution in [0.2, 0.25) is 0 Å². The van der Waals surface area contributed by atoms with Crippen molar-refractivity contribution in [3.8, 4) is 5.75 Å². The minimum Gasteiger partial charge on any atom is -0.508 e. The van der Waals surface area contributed by atoms with Gasteiger partial charge in [0.2, 0.25) is 0 Å². The highest BCUT2D eigenvalue weighted by Gasteiger charge is 2.18. The fourth-order valence-corrected chi connectivity index (χ4v) is 4.70. The molecule has 0 radical (unpaired) electrons. The third kappa shape index (κ3) is 9.02. The van der Waals surface area contributed by atoms with Crippen molar-refractivity contribution in [2.24, 2.45) is 11.7 Å². The van der Waals surface area contributed by atoms with Crippen LogP contribution in [0.4, 0.5) is 0 Å². The number of benzene rings is 2. The molecule has 0 bridgehead atoms. The Kier molecular flexibility index (Phi) is 10.4. The minimum atomic E-state index is 0.328. The zero-order valence-electron chi connectivity index (χ0n) is 19.1. The second-order valence-electron chi connectivity index (χ2n) is 9.12. The van der Waals surface area contributed by atoms with Crippen LogP contribution in [-0.4, -0.2) is 54.2 Å². The largest absolute Gasteiger partial charge is 0.508 e. The molecule has 0 unspecified atom stereocenters. The van der Waals surface area contributed by atoms with Crippen LogP contribution in [0.1, 0.15) is 49.7 Å². The maximum absolute atomic E-state index is 9.45. The molecule has 3 N–H and O–H groups in total. The molecule has 1 saturated heterocycles. The number of phenolic OH excluding ortho intramolecular Hbond substituents is 1. The van der Waals surface area contributed by atoms with Gasteiger partial charge >= 0.3 is 0 Å². The van der Waals surface area contributed by atoms with Crippen molar-refractivity contribution in [3.05, 3.63) is 65.7 Å². The highest BCUT2D eigenvalue weighted by molar-refractivity contribution is 5.25. The average Bonchev–Trinajstić information content (AvgIpc) is 2.79. The zero-order valence-corrected chi connectivity index (χ0v) is 19.1.